The number of rotatable bonds is 6. The lowest BCUT2D eigenvalue weighted by Gasteiger charge is -2.34. The SMILES string of the molecule is CC(=O)c1cnc(NC2CCC2)nc1CC1CCC(C(=O)N2CCCCC2)CC1. The quantitative estimate of drug-likeness (QED) is 0.733. The number of hydrogen-bond acceptors (Lipinski definition) is 5. The minimum absolute atomic E-state index is 0.0316. The Morgan fingerprint density at radius 3 is 2.38 bits per heavy atom. The molecule has 29 heavy (non-hydrogen) atoms. The molecule has 6 heteroatoms. The van der Waals surface area contributed by atoms with Crippen molar-refractivity contribution in [2.75, 3.05) is 18.4 Å². The molecule has 1 aromatic heterocycles. The molecule has 2 aliphatic carbocycles. The van der Waals surface area contributed by atoms with Gasteiger partial charge in [0.05, 0.1) is 11.3 Å². The van der Waals surface area contributed by atoms with Gasteiger partial charge in [0.15, 0.2) is 5.78 Å². The molecule has 0 bridgehead atoms. The third-order valence-corrected chi connectivity index (χ3v) is 7.03. The predicted molar refractivity (Wildman–Crippen MR) is 113 cm³/mol. The highest BCUT2D eigenvalue weighted by atomic mass is 16.2. The van der Waals surface area contributed by atoms with Crippen molar-refractivity contribution in [1.82, 2.24) is 14.9 Å². The van der Waals surface area contributed by atoms with Gasteiger partial charge in [-0.1, -0.05) is 0 Å². The van der Waals surface area contributed by atoms with Crippen molar-refractivity contribution in [3.05, 3.63) is 17.5 Å². The van der Waals surface area contributed by atoms with Gasteiger partial charge in [0.1, 0.15) is 0 Å². The van der Waals surface area contributed by atoms with E-state index in [1.165, 1.54) is 25.7 Å². The first kappa shape index (κ1) is 20.3. The van der Waals surface area contributed by atoms with Crippen molar-refractivity contribution in [2.24, 2.45) is 11.8 Å². The van der Waals surface area contributed by atoms with Gasteiger partial charge in [-0.25, -0.2) is 9.97 Å². The Bertz CT molecular complexity index is 732. The fourth-order valence-electron chi connectivity index (χ4n) is 4.93. The number of ketones is 1. The first-order valence-corrected chi connectivity index (χ1v) is 11.5. The molecule has 0 atom stereocenters. The molecule has 0 unspecified atom stereocenters. The molecule has 2 heterocycles. The summed E-state index contributed by atoms with van der Waals surface area (Å²) in [6.07, 6.45) is 13.7. The van der Waals surface area contributed by atoms with E-state index in [1.54, 1.807) is 13.1 Å². The van der Waals surface area contributed by atoms with Crippen molar-refractivity contribution >= 4 is 17.6 Å². The van der Waals surface area contributed by atoms with Crippen LogP contribution in [0.25, 0.3) is 0 Å². The zero-order chi connectivity index (χ0) is 20.2. The Balaban J connectivity index is 1.35. The molecule has 3 aliphatic rings. The van der Waals surface area contributed by atoms with Gasteiger partial charge in [0.2, 0.25) is 11.9 Å². The number of carbonyl (C=O) groups excluding carboxylic acids is 2. The summed E-state index contributed by atoms with van der Waals surface area (Å²) in [6, 6.07) is 0.474. The monoisotopic (exact) mass is 398 g/mol. The number of likely N-dealkylation sites (tertiary alicyclic amines) is 1. The van der Waals surface area contributed by atoms with Crippen LogP contribution in [0.1, 0.15) is 87.2 Å². The second-order valence-electron chi connectivity index (χ2n) is 9.19. The predicted octanol–water partition coefficient (Wildman–Crippen LogP) is 4.01. The van der Waals surface area contributed by atoms with E-state index in [-0.39, 0.29) is 11.7 Å². The van der Waals surface area contributed by atoms with Crippen molar-refractivity contribution in [3.63, 3.8) is 0 Å². The molecular weight excluding hydrogens is 364 g/mol. The minimum Gasteiger partial charge on any atom is -0.351 e. The summed E-state index contributed by atoms with van der Waals surface area (Å²) >= 11 is 0. The van der Waals surface area contributed by atoms with Gasteiger partial charge in [-0.2, -0.15) is 0 Å². The van der Waals surface area contributed by atoms with Crippen LogP contribution in [0, 0.1) is 11.8 Å². The molecule has 0 aromatic carbocycles. The van der Waals surface area contributed by atoms with E-state index in [2.05, 4.69) is 15.2 Å². The van der Waals surface area contributed by atoms with Gasteiger partial charge in [0.25, 0.3) is 0 Å². The van der Waals surface area contributed by atoms with E-state index in [1.807, 2.05) is 0 Å². The number of piperidine rings is 1. The van der Waals surface area contributed by atoms with Gasteiger partial charge < -0.3 is 10.2 Å². The molecule has 158 valence electrons. The lowest BCUT2D eigenvalue weighted by molar-refractivity contribution is -0.137. The van der Waals surface area contributed by atoms with Crippen LogP contribution in [0.3, 0.4) is 0 Å². The Morgan fingerprint density at radius 1 is 1.03 bits per heavy atom. The topological polar surface area (TPSA) is 75.2 Å². The summed E-state index contributed by atoms with van der Waals surface area (Å²) in [6.45, 7) is 3.48. The molecule has 1 amide bonds. The average Bonchev–Trinajstić information content (AvgIpc) is 2.71. The van der Waals surface area contributed by atoms with Crippen LogP contribution in [0.5, 0.6) is 0 Å². The van der Waals surface area contributed by atoms with Gasteiger partial charge in [0, 0.05) is 31.2 Å². The number of Topliss-reactive ketones (excluding diaryl/α,β-unsaturated/α-hetero) is 1. The van der Waals surface area contributed by atoms with Crippen molar-refractivity contribution in [3.8, 4) is 0 Å². The fraction of sp³-hybridized carbons (Fsp3) is 0.739. The Labute approximate surface area is 173 Å². The Hall–Kier alpha value is -1.98. The third-order valence-electron chi connectivity index (χ3n) is 7.03. The minimum atomic E-state index is 0.0316. The lowest BCUT2D eigenvalue weighted by atomic mass is 9.79. The number of hydrogen-bond donors (Lipinski definition) is 1. The van der Waals surface area contributed by atoms with Crippen LogP contribution in [0.2, 0.25) is 0 Å². The summed E-state index contributed by atoms with van der Waals surface area (Å²) < 4.78 is 0. The molecule has 1 N–H and O–H groups in total. The van der Waals surface area contributed by atoms with E-state index < -0.39 is 0 Å². The maximum atomic E-state index is 12.8. The van der Waals surface area contributed by atoms with E-state index in [0.29, 0.717) is 29.4 Å². The molecule has 1 saturated heterocycles. The molecule has 0 spiro atoms. The van der Waals surface area contributed by atoms with Crippen LogP contribution in [0.4, 0.5) is 5.95 Å². The molecule has 1 aromatic rings. The first-order valence-electron chi connectivity index (χ1n) is 11.5. The fourth-order valence-corrected chi connectivity index (χ4v) is 4.93. The number of anilines is 1. The van der Waals surface area contributed by atoms with Crippen LogP contribution >= 0.6 is 0 Å². The standard InChI is InChI=1S/C23H34N4O2/c1-16(28)20-15-24-23(25-19-6-5-7-19)26-21(20)14-17-8-10-18(11-9-17)22(29)27-12-3-2-4-13-27/h15,17-19H,2-14H2,1H3,(H,24,25,26). The summed E-state index contributed by atoms with van der Waals surface area (Å²) in [5, 5.41) is 3.40. The Morgan fingerprint density at radius 2 is 1.76 bits per heavy atom. The zero-order valence-corrected chi connectivity index (χ0v) is 17.7. The molecule has 0 radical (unpaired) electrons. The largest absolute Gasteiger partial charge is 0.351 e. The third kappa shape index (κ3) is 4.96. The first-order chi connectivity index (χ1) is 14.1. The summed E-state index contributed by atoms with van der Waals surface area (Å²) in [5.41, 5.74) is 1.52. The smallest absolute Gasteiger partial charge is 0.225 e. The van der Waals surface area contributed by atoms with Crippen molar-refractivity contribution in [1.29, 1.82) is 0 Å². The molecular formula is C23H34N4O2. The number of nitrogens with zero attached hydrogens (tertiary/aromatic N) is 3. The summed E-state index contributed by atoms with van der Waals surface area (Å²) in [7, 11) is 0. The van der Waals surface area contributed by atoms with Crippen LogP contribution < -0.4 is 5.32 Å². The summed E-state index contributed by atoms with van der Waals surface area (Å²) in [5.74, 6) is 1.75. The molecule has 1 aliphatic heterocycles. The highest BCUT2D eigenvalue weighted by molar-refractivity contribution is 5.94. The van der Waals surface area contributed by atoms with Crippen molar-refractivity contribution < 1.29 is 9.59 Å². The van der Waals surface area contributed by atoms with Gasteiger partial charge in [-0.15, -0.1) is 0 Å². The van der Waals surface area contributed by atoms with Gasteiger partial charge in [-0.3, -0.25) is 9.59 Å². The van der Waals surface area contributed by atoms with E-state index >= 15 is 0 Å². The molecule has 4 rings (SSSR count). The normalized spacial score (nSPS) is 25.3. The van der Waals surface area contributed by atoms with Crippen molar-refractivity contribution in [2.45, 2.75) is 83.6 Å². The zero-order valence-electron chi connectivity index (χ0n) is 17.7. The average molecular weight is 399 g/mol. The van der Waals surface area contributed by atoms with E-state index in [0.717, 1.165) is 63.7 Å². The second kappa shape index (κ2) is 9.23. The molecule has 2 saturated carbocycles. The number of nitrogens with one attached hydrogen (secondary N) is 1. The van der Waals surface area contributed by atoms with Crippen LogP contribution in [-0.2, 0) is 11.2 Å². The molecule has 3 fully saturated rings. The van der Waals surface area contributed by atoms with E-state index in [4.69, 9.17) is 4.98 Å². The van der Waals surface area contributed by atoms with Crippen LogP contribution in [-0.4, -0.2) is 45.7 Å². The van der Waals surface area contributed by atoms with E-state index in [9.17, 15) is 9.59 Å². The summed E-state index contributed by atoms with van der Waals surface area (Å²) in [4.78, 5) is 36.0. The number of amides is 1. The second-order valence-corrected chi connectivity index (χ2v) is 9.19. The Kier molecular flexibility index (Phi) is 6.46. The number of carbonyl (C=O) groups is 2. The lowest BCUT2D eigenvalue weighted by Crippen LogP contribution is -2.40. The van der Waals surface area contributed by atoms with Gasteiger partial charge in [-0.05, 0) is 83.5 Å². The maximum absolute atomic E-state index is 12.8. The maximum Gasteiger partial charge on any atom is 0.225 e. The van der Waals surface area contributed by atoms with Gasteiger partial charge >= 0.3 is 0 Å². The molecule has 6 nitrogen and oxygen atoms in total. The highest BCUT2D eigenvalue weighted by Gasteiger charge is 2.31. The highest BCUT2D eigenvalue weighted by Crippen LogP contribution is 2.33. The number of aromatic nitrogens is 2. The van der Waals surface area contributed by atoms with Crippen LogP contribution in [0.15, 0.2) is 6.20 Å².